The van der Waals surface area contributed by atoms with Gasteiger partial charge in [-0.1, -0.05) is 84.9 Å². The number of hydrogen-bond acceptors (Lipinski definition) is 2. The van der Waals surface area contributed by atoms with Crippen molar-refractivity contribution < 1.29 is 9.53 Å². The van der Waals surface area contributed by atoms with E-state index in [2.05, 4.69) is 36.4 Å². The Labute approximate surface area is 160 Å². The second-order valence-corrected chi connectivity index (χ2v) is 6.89. The van der Waals surface area contributed by atoms with Crippen molar-refractivity contribution in [1.82, 2.24) is 4.90 Å². The molecule has 1 heterocycles. The van der Waals surface area contributed by atoms with Crippen molar-refractivity contribution in [3.8, 4) is 0 Å². The lowest BCUT2D eigenvalue weighted by Crippen LogP contribution is -2.41. The molecule has 136 valence electrons. The first-order valence-corrected chi connectivity index (χ1v) is 9.40. The largest absolute Gasteiger partial charge is 0.445 e. The normalized spacial score (nSPS) is 15.9. The van der Waals surface area contributed by atoms with Gasteiger partial charge in [-0.25, -0.2) is 4.79 Å². The van der Waals surface area contributed by atoms with Crippen LogP contribution in [0.15, 0.2) is 84.9 Å². The van der Waals surface area contributed by atoms with Crippen LogP contribution in [0.5, 0.6) is 0 Å². The van der Waals surface area contributed by atoms with Crippen molar-refractivity contribution in [2.75, 3.05) is 6.54 Å². The predicted octanol–water partition coefficient (Wildman–Crippen LogP) is 5.17. The molecule has 0 spiro atoms. The van der Waals surface area contributed by atoms with Crippen LogP contribution in [0.4, 0.5) is 4.79 Å². The van der Waals surface area contributed by atoms with Crippen LogP contribution in [-0.4, -0.2) is 17.5 Å². The van der Waals surface area contributed by atoms with Crippen LogP contribution in [0.3, 0.4) is 0 Å². The van der Waals surface area contributed by atoms with Crippen LogP contribution in [0.2, 0.25) is 0 Å². The van der Waals surface area contributed by atoms with Crippen LogP contribution in [0.25, 0.3) is 0 Å². The first kappa shape index (κ1) is 17.3. The van der Waals surface area contributed by atoms with E-state index in [0.29, 0.717) is 13.2 Å². The van der Waals surface area contributed by atoms with Crippen molar-refractivity contribution in [2.24, 2.45) is 0 Å². The second kappa shape index (κ2) is 8.09. The molecule has 0 N–H and O–H groups in total. The average molecular weight is 357 g/mol. The molecule has 1 aliphatic heterocycles. The van der Waals surface area contributed by atoms with Crippen molar-refractivity contribution >= 4 is 6.09 Å². The van der Waals surface area contributed by atoms with E-state index in [0.717, 1.165) is 18.4 Å². The fourth-order valence-corrected chi connectivity index (χ4v) is 3.73. The van der Waals surface area contributed by atoms with Gasteiger partial charge in [0.25, 0.3) is 0 Å². The van der Waals surface area contributed by atoms with Crippen molar-refractivity contribution in [3.05, 3.63) is 107 Å². The Kier molecular flexibility index (Phi) is 5.20. The van der Waals surface area contributed by atoms with Gasteiger partial charge in [-0.3, -0.25) is 0 Å². The van der Waals surface area contributed by atoms with E-state index in [1.165, 1.54) is 16.7 Å². The summed E-state index contributed by atoms with van der Waals surface area (Å²) in [4.78, 5) is 14.8. The minimum absolute atomic E-state index is 0.000577. The number of hydrogen-bond donors (Lipinski definition) is 0. The molecule has 0 aromatic heterocycles. The number of fused-ring (bicyclic) bond motifs is 1. The number of carbonyl (C=O) groups is 1. The minimum atomic E-state index is -0.241. The fraction of sp³-hybridized carbons (Fsp3) is 0.208. The third kappa shape index (κ3) is 4.03. The number of amides is 1. The lowest BCUT2D eigenvalue weighted by molar-refractivity contribution is 0.0769. The average Bonchev–Trinajstić information content (AvgIpc) is 2.74. The SMILES string of the molecule is O=C(OCc1ccccc1)N1CCc2ccccc2C1Cc1ccccc1. The first-order chi connectivity index (χ1) is 13.3. The standard InChI is InChI=1S/C24H23NO2/c26-24(27-18-20-11-5-2-6-12-20)25-16-15-21-13-7-8-14-22(21)23(25)17-19-9-3-1-4-10-19/h1-14,23H,15-18H2. The van der Waals surface area contributed by atoms with E-state index in [1.807, 2.05) is 53.4 Å². The maximum Gasteiger partial charge on any atom is 0.410 e. The van der Waals surface area contributed by atoms with Crippen molar-refractivity contribution in [3.63, 3.8) is 0 Å². The summed E-state index contributed by atoms with van der Waals surface area (Å²) in [6, 6.07) is 28.6. The summed E-state index contributed by atoms with van der Waals surface area (Å²) in [5.74, 6) is 0. The van der Waals surface area contributed by atoms with Gasteiger partial charge in [0.1, 0.15) is 6.61 Å². The third-order valence-corrected chi connectivity index (χ3v) is 5.12. The van der Waals surface area contributed by atoms with E-state index in [1.54, 1.807) is 0 Å². The molecule has 0 radical (unpaired) electrons. The summed E-state index contributed by atoms with van der Waals surface area (Å²) in [7, 11) is 0. The monoisotopic (exact) mass is 357 g/mol. The Morgan fingerprint density at radius 3 is 2.22 bits per heavy atom. The van der Waals surface area contributed by atoms with Crippen molar-refractivity contribution in [2.45, 2.75) is 25.5 Å². The van der Waals surface area contributed by atoms with Crippen LogP contribution in [-0.2, 0) is 24.2 Å². The molecule has 3 aromatic carbocycles. The molecule has 4 rings (SSSR count). The highest BCUT2D eigenvalue weighted by molar-refractivity contribution is 5.69. The molecule has 0 fully saturated rings. The Morgan fingerprint density at radius 2 is 1.48 bits per heavy atom. The van der Waals surface area contributed by atoms with Gasteiger partial charge in [0.05, 0.1) is 6.04 Å². The highest BCUT2D eigenvalue weighted by atomic mass is 16.6. The smallest absolute Gasteiger partial charge is 0.410 e. The zero-order chi connectivity index (χ0) is 18.5. The molecule has 1 aliphatic rings. The van der Waals surface area contributed by atoms with E-state index < -0.39 is 0 Å². The number of benzene rings is 3. The van der Waals surface area contributed by atoms with Gasteiger partial charge in [-0.2, -0.15) is 0 Å². The summed E-state index contributed by atoms with van der Waals surface area (Å²) in [6.45, 7) is 0.984. The Bertz CT molecular complexity index is 893. The number of nitrogens with zero attached hydrogens (tertiary/aromatic N) is 1. The van der Waals surface area contributed by atoms with Gasteiger partial charge in [0.15, 0.2) is 0 Å². The van der Waals surface area contributed by atoms with Gasteiger partial charge in [-0.05, 0) is 35.1 Å². The number of carbonyl (C=O) groups excluding carboxylic acids is 1. The van der Waals surface area contributed by atoms with E-state index in [9.17, 15) is 4.79 Å². The van der Waals surface area contributed by atoms with Crippen LogP contribution in [0.1, 0.15) is 28.3 Å². The summed E-state index contributed by atoms with van der Waals surface area (Å²) < 4.78 is 5.64. The quantitative estimate of drug-likeness (QED) is 0.645. The zero-order valence-electron chi connectivity index (χ0n) is 15.3. The molecule has 27 heavy (non-hydrogen) atoms. The minimum Gasteiger partial charge on any atom is -0.445 e. The fourth-order valence-electron chi connectivity index (χ4n) is 3.73. The highest BCUT2D eigenvalue weighted by Gasteiger charge is 2.31. The summed E-state index contributed by atoms with van der Waals surface area (Å²) in [5, 5.41) is 0. The van der Waals surface area contributed by atoms with Crippen LogP contribution >= 0.6 is 0 Å². The molecule has 0 saturated carbocycles. The summed E-state index contributed by atoms with van der Waals surface area (Å²) in [6.07, 6.45) is 1.41. The Morgan fingerprint density at radius 1 is 0.852 bits per heavy atom. The summed E-state index contributed by atoms with van der Waals surface area (Å²) in [5.41, 5.74) is 4.78. The van der Waals surface area contributed by atoms with E-state index in [-0.39, 0.29) is 12.1 Å². The second-order valence-electron chi connectivity index (χ2n) is 6.89. The molecule has 3 heteroatoms. The number of ether oxygens (including phenoxy) is 1. The van der Waals surface area contributed by atoms with Crippen LogP contribution < -0.4 is 0 Å². The van der Waals surface area contributed by atoms with Gasteiger partial charge < -0.3 is 9.64 Å². The molecule has 0 aliphatic carbocycles. The molecule has 1 amide bonds. The lowest BCUT2D eigenvalue weighted by atomic mass is 9.89. The van der Waals surface area contributed by atoms with E-state index in [4.69, 9.17) is 4.74 Å². The molecule has 3 aromatic rings. The van der Waals surface area contributed by atoms with Crippen LogP contribution in [0, 0.1) is 0 Å². The Balaban J connectivity index is 1.55. The van der Waals surface area contributed by atoms with E-state index >= 15 is 0 Å². The highest BCUT2D eigenvalue weighted by Crippen LogP contribution is 2.33. The Hall–Kier alpha value is -3.07. The summed E-state index contributed by atoms with van der Waals surface area (Å²) >= 11 is 0. The molecular weight excluding hydrogens is 334 g/mol. The number of rotatable bonds is 4. The topological polar surface area (TPSA) is 29.5 Å². The molecule has 1 atom stereocenters. The predicted molar refractivity (Wildman–Crippen MR) is 106 cm³/mol. The first-order valence-electron chi connectivity index (χ1n) is 9.40. The maximum atomic E-state index is 12.9. The third-order valence-electron chi connectivity index (χ3n) is 5.12. The van der Waals surface area contributed by atoms with Gasteiger partial charge >= 0.3 is 6.09 Å². The molecule has 3 nitrogen and oxygen atoms in total. The molecule has 1 unspecified atom stereocenters. The maximum absolute atomic E-state index is 12.9. The van der Waals surface area contributed by atoms with Gasteiger partial charge in [-0.15, -0.1) is 0 Å². The zero-order valence-corrected chi connectivity index (χ0v) is 15.3. The molecule has 0 saturated heterocycles. The van der Waals surface area contributed by atoms with Crippen molar-refractivity contribution in [1.29, 1.82) is 0 Å². The molecule has 0 bridgehead atoms. The van der Waals surface area contributed by atoms with Gasteiger partial charge in [0.2, 0.25) is 0 Å². The lowest BCUT2D eigenvalue weighted by Gasteiger charge is -2.36. The van der Waals surface area contributed by atoms with Gasteiger partial charge in [0, 0.05) is 6.54 Å². The molecular formula is C24H23NO2.